The fourth-order valence-corrected chi connectivity index (χ4v) is 4.76. The van der Waals surface area contributed by atoms with Crippen LogP contribution in [0.1, 0.15) is 54.7 Å². The Bertz CT molecular complexity index is 546. The minimum absolute atomic E-state index is 0.140. The molecule has 0 aliphatic rings. The largest absolute Gasteiger partial charge is 0.304 e. The Morgan fingerprint density at radius 2 is 2.20 bits per heavy atom. The van der Waals surface area contributed by atoms with Crippen LogP contribution >= 0.6 is 50.2 Å². The molecule has 0 saturated heterocycles. The van der Waals surface area contributed by atoms with Crippen molar-refractivity contribution in [3.05, 3.63) is 35.8 Å². The van der Waals surface area contributed by atoms with Crippen LogP contribution in [-0.4, -0.2) is 11.5 Å². The highest BCUT2D eigenvalue weighted by Gasteiger charge is 2.21. The fraction of sp³-hybridized carbons (Fsp3) is 0.500. The van der Waals surface area contributed by atoms with Crippen molar-refractivity contribution in [3.8, 4) is 0 Å². The SMILES string of the molecule is CCCNC(c1cc(Br)c(Cl)s1)c1nc(C(C)C)cs1. The van der Waals surface area contributed by atoms with Crippen LogP contribution in [0.4, 0.5) is 0 Å². The third-order valence-electron chi connectivity index (χ3n) is 2.93. The van der Waals surface area contributed by atoms with Gasteiger partial charge in [0.15, 0.2) is 0 Å². The third kappa shape index (κ3) is 3.83. The van der Waals surface area contributed by atoms with Gasteiger partial charge in [0.05, 0.1) is 11.7 Å². The van der Waals surface area contributed by atoms with Gasteiger partial charge in [-0.05, 0) is 40.9 Å². The van der Waals surface area contributed by atoms with Gasteiger partial charge in [0.25, 0.3) is 0 Å². The normalized spacial score (nSPS) is 13.1. The summed E-state index contributed by atoms with van der Waals surface area (Å²) in [5, 5.41) is 6.85. The van der Waals surface area contributed by atoms with Crippen molar-refractivity contribution >= 4 is 50.2 Å². The lowest BCUT2D eigenvalue weighted by Gasteiger charge is -2.14. The summed E-state index contributed by atoms with van der Waals surface area (Å²) in [6, 6.07) is 2.23. The number of nitrogens with zero attached hydrogens (tertiary/aromatic N) is 1. The standard InChI is InChI=1S/C14H18BrClN2S2/c1-4-5-17-12(11-6-9(15)13(16)20-11)14-18-10(7-19-14)8(2)3/h6-8,12,17H,4-5H2,1-3H3. The van der Waals surface area contributed by atoms with E-state index in [9.17, 15) is 0 Å². The summed E-state index contributed by atoms with van der Waals surface area (Å²) in [7, 11) is 0. The molecule has 2 aromatic heterocycles. The second-order valence-electron chi connectivity index (χ2n) is 4.92. The van der Waals surface area contributed by atoms with Crippen molar-refractivity contribution in [3.63, 3.8) is 0 Å². The molecule has 2 nitrogen and oxygen atoms in total. The zero-order valence-corrected chi connectivity index (χ0v) is 15.7. The number of hydrogen-bond acceptors (Lipinski definition) is 4. The summed E-state index contributed by atoms with van der Waals surface area (Å²) in [6.07, 6.45) is 1.10. The summed E-state index contributed by atoms with van der Waals surface area (Å²) < 4.78 is 1.76. The second-order valence-corrected chi connectivity index (χ2v) is 8.35. The van der Waals surface area contributed by atoms with E-state index in [4.69, 9.17) is 16.6 Å². The number of aromatic nitrogens is 1. The predicted octanol–water partition coefficient (Wildman–Crippen LogP) is 5.83. The Kier molecular flexibility index (Phi) is 6.05. The second kappa shape index (κ2) is 7.36. The third-order valence-corrected chi connectivity index (χ3v) is 6.39. The molecule has 2 aromatic rings. The molecule has 1 N–H and O–H groups in total. The Balaban J connectivity index is 2.30. The average molecular weight is 394 g/mol. The molecule has 0 spiro atoms. The van der Waals surface area contributed by atoms with Gasteiger partial charge in [-0.1, -0.05) is 32.4 Å². The van der Waals surface area contributed by atoms with Gasteiger partial charge in [-0.25, -0.2) is 4.98 Å². The van der Waals surface area contributed by atoms with Gasteiger partial charge in [0, 0.05) is 14.7 Å². The van der Waals surface area contributed by atoms with Crippen molar-refractivity contribution in [1.82, 2.24) is 10.3 Å². The molecule has 0 fully saturated rings. The van der Waals surface area contributed by atoms with Crippen molar-refractivity contribution in [2.45, 2.75) is 39.2 Å². The van der Waals surface area contributed by atoms with Crippen LogP contribution in [0.25, 0.3) is 0 Å². The maximum atomic E-state index is 6.18. The van der Waals surface area contributed by atoms with Crippen LogP contribution in [0.15, 0.2) is 15.9 Å². The summed E-state index contributed by atoms with van der Waals surface area (Å²) in [6.45, 7) is 7.48. The minimum atomic E-state index is 0.140. The fourth-order valence-electron chi connectivity index (χ4n) is 1.80. The van der Waals surface area contributed by atoms with Gasteiger partial charge in [-0.15, -0.1) is 22.7 Å². The van der Waals surface area contributed by atoms with E-state index < -0.39 is 0 Å². The Hall–Kier alpha value is 0.0600. The van der Waals surface area contributed by atoms with E-state index >= 15 is 0 Å². The highest BCUT2D eigenvalue weighted by molar-refractivity contribution is 9.10. The van der Waals surface area contributed by atoms with Gasteiger partial charge < -0.3 is 5.32 Å². The Morgan fingerprint density at radius 1 is 1.45 bits per heavy atom. The molecule has 20 heavy (non-hydrogen) atoms. The molecule has 0 aliphatic heterocycles. The van der Waals surface area contributed by atoms with Crippen molar-refractivity contribution in [2.75, 3.05) is 6.54 Å². The van der Waals surface area contributed by atoms with E-state index in [1.54, 1.807) is 22.7 Å². The molecular formula is C14H18BrClN2S2. The highest BCUT2D eigenvalue weighted by atomic mass is 79.9. The van der Waals surface area contributed by atoms with Crippen molar-refractivity contribution in [2.24, 2.45) is 0 Å². The Morgan fingerprint density at radius 3 is 2.70 bits per heavy atom. The van der Waals surface area contributed by atoms with E-state index in [1.807, 2.05) is 0 Å². The molecule has 6 heteroatoms. The number of halogens is 2. The monoisotopic (exact) mass is 392 g/mol. The Labute approximate surface area is 141 Å². The van der Waals surface area contributed by atoms with Crippen LogP contribution in [-0.2, 0) is 0 Å². The number of thiophene rings is 1. The number of nitrogens with one attached hydrogen (secondary N) is 1. The molecule has 1 unspecified atom stereocenters. The highest BCUT2D eigenvalue weighted by Crippen LogP contribution is 2.38. The van der Waals surface area contributed by atoms with Gasteiger partial charge >= 0.3 is 0 Å². The topological polar surface area (TPSA) is 24.9 Å². The minimum Gasteiger partial charge on any atom is -0.304 e. The zero-order chi connectivity index (χ0) is 14.7. The molecule has 0 radical (unpaired) electrons. The van der Waals surface area contributed by atoms with Gasteiger partial charge in [-0.2, -0.15) is 0 Å². The molecule has 0 saturated carbocycles. The van der Waals surface area contributed by atoms with Gasteiger partial charge in [-0.3, -0.25) is 0 Å². The maximum absolute atomic E-state index is 6.18. The molecule has 1 atom stereocenters. The van der Waals surface area contributed by atoms with E-state index in [0.29, 0.717) is 5.92 Å². The first-order chi connectivity index (χ1) is 9.52. The zero-order valence-electron chi connectivity index (χ0n) is 11.7. The number of rotatable bonds is 6. The average Bonchev–Trinajstić information content (AvgIpc) is 2.99. The van der Waals surface area contributed by atoms with Gasteiger partial charge in [0.1, 0.15) is 9.34 Å². The first-order valence-corrected chi connectivity index (χ1v) is 9.53. The first-order valence-electron chi connectivity index (χ1n) is 6.66. The lowest BCUT2D eigenvalue weighted by atomic mass is 10.1. The molecule has 0 amide bonds. The van der Waals surface area contributed by atoms with E-state index in [-0.39, 0.29) is 6.04 Å². The first kappa shape index (κ1) is 16.4. The van der Waals surface area contributed by atoms with Crippen LogP contribution in [0.2, 0.25) is 4.34 Å². The van der Waals surface area contributed by atoms with E-state index in [0.717, 1.165) is 32.5 Å². The smallest absolute Gasteiger partial charge is 0.115 e. The van der Waals surface area contributed by atoms with Crippen LogP contribution < -0.4 is 5.32 Å². The number of hydrogen-bond donors (Lipinski definition) is 1. The van der Waals surface area contributed by atoms with Crippen molar-refractivity contribution < 1.29 is 0 Å². The van der Waals surface area contributed by atoms with E-state index in [2.05, 4.69) is 53.5 Å². The van der Waals surface area contributed by atoms with Crippen LogP contribution in [0, 0.1) is 0 Å². The summed E-state index contributed by atoms with van der Waals surface area (Å²) >= 11 is 13.0. The molecule has 0 aliphatic carbocycles. The summed E-state index contributed by atoms with van der Waals surface area (Å²) in [5.41, 5.74) is 1.16. The van der Waals surface area contributed by atoms with Crippen LogP contribution in [0.5, 0.6) is 0 Å². The predicted molar refractivity (Wildman–Crippen MR) is 93.4 cm³/mol. The maximum Gasteiger partial charge on any atom is 0.115 e. The molecular weight excluding hydrogens is 376 g/mol. The molecule has 2 rings (SSSR count). The summed E-state index contributed by atoms with van der Waals surface area (Å²) in [5.74, 6) is 0.463. The summed E-state index contributed by atoms with van der Waals surface area (Å²) in [4.78, 5) is 5.99. The molecule has 2 heterocycles. The number of thiazole rings is 1. The molecule has 0 bridgehead atoms. The van der Waals surface area contributed by atoms with Crippen LogP contribution in [0.3, 0.4) is 0 Å². The molecule has 0 aromatic carbocycles. The van der Waals surface area contributed by atoms with Crippen molar-refractivity contribution in [1.29, 1.82) is 0 Å². The quantitative estimate of drug-likeness (QED) is 0.667. The lowest BCUT2D eigenvalue weighted by Crippen LogP contribution is -2.22. The lowest BCUT2D eigenvalue weighted by molar-refractivity contribution is 0.600. The van der Waals surface area contributed by atoms with Gasteiger partial charge in [0.2, 0.25) is 0 Å². The molecule has 110 valence electrons. The van der Waals surface area contributed by atoms with E-state index in [1.165, 1.54) is 4.88 Å².